The number of carbonyl (C=O) groups is 1. The van der Waals surface area contributed by atoms with E-state index >= 15 is 0 Å². The van der Waals surface area contributed by atoms with Crippen LogP contribution in [0.2, 0.25) is 0 Å². The Morgan fingerprint density at radius 2 is 1.15 bits per heavy atom. The highest BCUT2D eigenvalue weighted by Crippen LogP contribution is 2.43. The summed E-state index contributed by atoms with van der Waals surface area (Å²) in [7, 11) is 1.56. The number of amides is 1. The summed E-state index contributed by atoms with van der Waals surface area (Å²) in [5.41, 5.74) is 0. The normalized spacial score (nSPS) is 15.0. The molecule has 3 unspecified atom stereocenters. The van der Waals surface area contributed by atoms with Gasteiger partial charge in [-0.3, -0.25) is 13.8 Å². The minimum atomic E-state index is -4.33. The molecule has 0 aromatic heterocycles. The van der Waals surface area contributed by atoms with Crippen molar-refractivity contribution in [2.24, 2.45) is 0 Å². The third kappa shape index (κ3) is 33.3. The number of carbonyl (C=O) groups excluding carboxylic acids is 1. The summed E-state index contributed by atoms with van der Waals surface area (Å²) in [5, 5.41) is 13.7. The standard InChI is InChI=1S/C38H75N2O6P/c1-6-8-10-12-14-16-18-20-22-24-26-28-30-32-38(42)39-36(35-46-47(43,44)45-34-33-40(3,4)5)37(41)31-29-27-25-23-21-19-17-15-13-11-9-7-2/h20,22,29,31,36-37,41H,6-19,21,23-28,30,32-35H2,1-5H3,(H-,39,42,43,44)/p+1/b22-20-,31-29+. The van der Waals surface area contributed by atoms with E-state index in [1.54, 1.807) is 6.08 Å². The first kappa shape index (κ1) is 46.0. The van der Waals surface area contributed by atoms with Crippen molar-refractivity contribution in [3.63, 3.8) is 0 Å². The highest BCUT2D eigenvalue weighted by molar-refractivity contribution is 7.47. The van der Waals surface area contributed by atoms with Crippen LogP contribution >= 0.6 is 7.82 Å². The smallest absolute Gasteiger partial charge is 0.387 e. The van der Waals surface area contributed by atoms with Crippen LogP contribution in [0, 0.1) is 0 Å². The average Bonchev–Trinajstić information content (AvgIpc) is 3.01. The van der Waals surface area contributed by atoms with E-state index in [4.69, 9.17) is 9.05 Å². The van der Waals surface area contributed by atoms with Crippen molar-refractivity contribution < 1.29 is 32.9 Å². The van der Waals surface area contributed by atoms with Crippen molar-refractivity contribution >= 4 is 13.7 Å². The first-order valence-corrected chi connectivity index (χ1v) is 20.7. The highest BCUT2D eigenvalue weighted by Gasteiger charge is 2.27. The monoisotopic (exact) mass is 688 g/mol. The Hall–Kier alpha value is -1.02. The van der Waals surface area contributed by atoms with Crippen molar-refractivity contribution in [3.8, 4) is 0 Å². The number of rotatable bonds is 34. The Morgan fingerprint density at radius 1 is 0.702 bits per heavy atom. The van der Waals surface area contributed by atoms with Gasteiger partial charge in [0, 0.05) is 6.42 Å². The van der Waals surface area contributed by atoms with Crippen molar-refractivity contribution in [2.75, 3.05) is 40.9 Å². The number of unbranched alkanes of at least 4 members (excludes halogenated alkanes) is 19. The fourth-order valence-electron chi connectivity index (χ4n) is 5.27. The number of phosphoric ester groups is 1. The van der Waals surface area contributed by atoms with E-state index < -0.39 is 20.0 Å². The van der Waals surface area contributed by atoms with E-state index in [-0.39, 0.29) is 19.1 Å². The predicted octanol–water partition coefficient (Wildman–Crippen LogP) is 9.80. The van der Waals surface area contributed by atoms with Gasteiger partial charge in [-0.15, -0.1) is 0 Å². The molecule has 8 nitrogen and oxygen atoms in total. The van der Waals surface area contributed by atoms with Crippen molar-refractivity contribution in [3.05, 3.63) is 24.3 Å². The van der Waals surface area contributed by atoms with Crippen molar-refractivity contribution in [1.82, 2.24) is 5.32 Å². The lowest BCUT2D eigenvalue weighted by Gasteiger charge is -2.25. The molecule has 3 N–H and O–H groups in total. The molecule has 0 rings (SSSR count). The van der Waals surface area contributed by atoms with Crippen LogP contribution in [-0.4, -0.2) is 73.4 Å². The third-order valence-electron chi connectivity index (χ3n) is 8.42. The maximum Gasteiger partial charge on any atom is 0.472 e. The molecule has 1 amide bonds. The van der Waals surface area contributed by atoms with Crippen LogP contribution in [0.1, 0.15) is 162 Å². The second-order valence-electron chi connectivity index (χ2n) is 14.3. The Bertz CT molecular complexity index is 829. The number of phosphoric acid groups is 1. The predicted molar refractivity (Wildman–Crippen MR) is 198 cm³/mol. The van der Waals surface area contributed by atoms with Gasteiger partial charge in [0.2, 0.25) is 5.91 Å². The summed E-state index contributed by atoms with van der Waals surface area (Å²) in [6.45, 7) is 4.76. The van der Waals surface area contributed by atoms with Gasteiger partial charge in [0.25, 0.3) is 0 Å². The molecule has 278 valence electrons. The molecule has 0 radical (unpaired) electrons. The Labute approximate surface area is 290 Å². The van der Waals surface area contributed by atoms with E-state index in [2.05, 4.69) is 31.3 Å². The lowest BCUT2D eigenvalue weighted by atomic mass is 10.1. The second kappa shape index (κ2) is 31.0. The van der Waals surface area contributed by atoms with Crippen LogP contribution in [0.5, 0.6) is 0 Å². The van der Waals surface area contributed by atoms with E-state index in [1.807, 2.05) is 27.2 Å². The molecular weight excluding hydrogens is 611 g/mol. The van der Waals surface area contributed by atoms with Crippen LogP contribution in [0.3, 0.4) is 0 Å². The molecule has 0 aromatic carbocycles. The van der Waals surface area contributed by atoms with Gasteiger partial charge in [-0.05, 0) is 44.9 Å². The molecule has 0 aromatic rings. The molecule has 0 saturated heterocycles. The molecule has 47 heavy (non-hydrogen) atoms. The van der Waals surface area contributed by atoms with Crippen LogP contribution in [0.4, 0.5) is 0 Å². The number of aliphatic hydroxyl groups excluding tert-OH is 1. The number of likely N-dealkylation sites (N-methyl/N-ethyl adjacent to an activating group) is 1. The highest BCUT2D eigenvalue weighted by atomic mass is 31.2. The number of aliphatic hydroxyl groups is 1. The van der Waals surface area contributed by atoms with Crippen molar-refractivity contribution in [1.29, 1.82) is 0 Å². The van der Waals surface area contributed by atoms with E-state index in [1.165, 1.54) is 89.9 Å². The summed E-state index contributed by atoms with van der Waals surface area (Å²) in [4.78, 5) is 22.9. The Kier molecular flexibility index (Phi) is 30.3. The molecule has 0 heterocycles. The van der Waals surface area contributed by atoms with Gasteiger partial charge in [-0.1, -0.05) is 134 Å². The van der Waals surface area contributed by atoms with Gasteiger partial charge in [0.05, 0.1) is 39.9 Å². The molecule has 9 heteroatoms. The minimum Gasteiger partial charge on any atom is -0.387 e. The SMILES string of the molecule is CCCCCCCC/C=C\CCCCCC(=O)NC(COP(=O)(O)OCC[N+](C)(C)C)C(O)/C=C/CCCCCCCCCCCC. The molecule has 0 spiro atoms. The largest absolute Gasteiger partial charge is 0.472 e. The Morgan fingerprint density at radius 3 is 1.64 bits per heavy atom. The molecule has 0 saturated carbocycles. The first-order chi connectivity index (χ1) is 22.5. The van der Waals surface area contributed by atoms with Gasteiger partial charge in [0.15, 0.2) is 0 Å². The number of allylic oxidation sites excluding steroid dienone is 3. The maximum atomic E-state index is 12.8. The fourth-order valence-corrected chi connectivity index (χ4v) is 6.00. The van der Waals surface area contributed by atoms with Gasteiger partial charge < -0.3 is 19.8 Å². The molecule has 0 bridgehead atoms. The molecule has 0 aliphatic heterocycles. The average molecular weight is 688 g/mol. The zero-order valence-electron chi connectivity index (χ0n) is 31.3. The lowest BCUT2D eigenvalue weighted by molar-refractivity contribution is -0.870. The first-order valence-electron chi connectivity index (χ1n) is 19.2. The molecular formula is C38H76N2O6P+. The van der Waals surface area contributed by atoms with E-state index in [0.29, 0.717) is 17.4 Å². The third-order valence-corrected chi connectivity index (χ3v) is 9.40. The lowest BCUT2D eigenvalue weighted by Crippen LogP contribution is -2.45. The van der Waals surface area contributed by atoms with E-state index in [9.17, 15) is 19.4 Å². The summed E-state index contributed by atoms with van der Waals surface area (Å²) >= 11 is 0. The molecule has 3 atom stereocenters. The summed E-state index contributed by atoms with van der Waals surface area (Å²) < 4.78 is 23.4. The Balaban J connectivity index is 4.57. The van der Waals surface area contributed by atoms with Gasteiger partial charge >= 0.3 is 7.82 Å². The topological polar surface area (TPSA) is 105 Å². The number of nitrogens with zero attached hydrogens (tertiary/aromatic N) is 1. The molecule has 0 aliphatic rings. The summed E-state index contributed by atoms with van der Waals surface area (Å²) in [6, 6.07) is -0.848. The van der Waals surface area contributed by atoms with Gasteiger partial charge in [-0.25, -0.2) is 4.57 Å². The zero-order chi connectivity index (χ0) is 35.1. The number of hydrogen-bond acceptors (Lipinski definition) is 5. The van der Waals surface area contributed by atoms with Crippen LogP contribution in [0.25, 0.3) is 0 Å². The molecule has 0 fully saturated rings. The van der Waals surface area contributed by atoms with Crippen LogP contribution in [-0.2, 0) is 18.4 Å². The van der Waals surface area contributed by atoms with Crippen molar-refractivity contribution in [2.45, 2.75) is 174 Å². The number of nitrogens with one attached hydrogen (secondary N) is 1. The van der Waals surface area contributed by atoms with Gasteiger partial charge in [-0.2, -0.15) is 0 Å². The quantitative estimate of drug-likeness (QED) is 0.0269. The maximum absolute atomic E-state index is 12.8. The molecule has 0 aliphatic carbocycles. The van der Waals surface area contributed by atoms with Crippen LogP contribution < -0.4 is 5.32 Å². The number of quaternary nitrogens is 1. The van der Waals surface area contributed by atoms with Crippen LogP contribution in [0.15, 0.2) is 24.3 Å². The zero-order valence-corrected chi connectivity index (χ0v) is 32.2. The summed E-state index contributed by atoms with van der Waals surface area (Å²) in [5.74, 6) is -0.196. The second-order valence-corrected chi connectivity index (χ2v) is 15.8. The number of hydrogen-bond donors (Lipinski definition) is 3. The fraction of sp³-hybridized carbons (Fsp3) is 0.868. The summed E-state index contributed by atoms with van der Waals surface area (Å²) in [6.07, 6.45) is 33.8. The van der Waals surface area contributed by atoms with E-state index in [0.717, 1.165) is 51.4 Å². The van der Waals surface area contributed by atoms with Gasteiger partial charge in [0.1, 0.15) is 13.2 Å². The minimum absolute atomic E-state index is 0.0594.